The van der Waals surface area contributed by atoms with Crippen molar-refractivity contribution in [3.63, 3.8) is 0 Å². The highest BCUT2D eigenvalue weighted by molar-refractivity contribution is 7.98. The molecule has 3 aromatic rings. The molecular weight excluding hydrogens is 527 g/mol. The van der Waals surface area contributed by atoms with E-state index in [0.29, 0.717) is 33.2 Å². The molecule has 198 valence electrons. The van der Waals surface area contributed by atoms with Crippen LogP contribution in [0.4, 0.5) is 0 Å². The van der Waals surface area contributed by atoms with Gasteiger partial charge in [-0.25, -0.2) is 4.79 Å². The molecule has 36 heavy (non-hydrogen) atoms. The zero-order valence-electron chi connectivity index (χ0n) is 21.8. The SMILES string of the molecule is CC(C)Oc1cc(-n2nc(C(C)(C)C)oc2=O)c(Cl)cc1Cl.CSc1nnc(C(C)(C)C)c(=O)n1N. The molecule has 0 amide bonds. The van der Waals surface area contributed by atoms with Crippen molar-refractivity contribution in [3.8, 4) is 11.4 Å². The fraction of sp³-hybridized carbons (Fsp3) is 0.522. The largest absolute Gasteiger partial charge is 0.489 e. The van der Waals surface area contributed by atoms with Gasteiger partial charge in [0.15, 0.2) is 0 Å². The Morgan fingerprint density at radius 1 is 1.03 bits per heavy atom. The maximum absolute atomic E-state index is 12.1. The quantitative estimate of drug-likeness (QED) is 0.360. The molecule has 0 bridgehead atoms. The van der Waals surface area contributed by atoms with Crippen LogP contribution in [-0.2, 0) is 10.8 Å². The van der Waals surface area contributed by atoms with E-state index >= 15 is 0 Å². The topological polar surface area (TPSA) is 131 Å². The number of aromatic nitrogens is 5. The van der Waals surface area contributed by atoms with E-state index in [-0.39, 0.29) is 27.5 Å². The Morgan fingerprint density at radius 3 is 2.11 bits per heavy atom. The number of thioether (sulfide) groups is 1. The number of nitrogen functional groups attached to an aromatic ring is 1. The maximum atomic E-state index is 12.1. The third-order valence-electron chi connectivity index (χ3n) is 4.54. The summed E-state index contributed by atoms with van der Waals surface area (Å²) in [6.45, 7) is 15.2. The van der Waals surface area contributed by atoms with Crippen molar-refractivity contribution in [1.82, 2.24) is 24.7 Å². The third kappa shape index (κ3) is 7.04. The van der Waals surface area contributed by atoms with Gasteiger partial charge in [0.05, 0.1) is 21.8 Å². The molecule has 0 unspecified atom stereocenters. The second-order valence-electron chi connectivity index (χ2n) is 10.2. The lowest BCUT2D eigenvalue weighted by Gasteiger charge is -2.16. The van der Waals surface area contributed by atoms with E-state index in [1.807, 2.05) is 55.4 Å². The zero-order valence-corrected chi connectivity index (χ0v) is 24.2. The molecule has 0 saturated heterocycles. The molecule has 13 heteroatoms. The Balaban J connectivity index is 0.000000281. The van der Waals surface area contributed by atoms with E-state index in [9.17, 15) is 9.59 Å². The van der Waals surface area contributed by atoms with Crippen LogP contribution >= 0.6 is 35.0 Å². The van der Waals surface area contributed by atoms with Crippen molar-refractivity contribution < 1.29 is 9.15 Å². The lowest BCUT2D eigenvalue weighted by molar-refractivity contribution is 0.242. The summed E-state index contributed by atoms with van der Waals surface area (Å²) in [6.07, 6.45) is 1.73. The predicted octanol–water partition coefficient (Wildman–Crippen LogP) is 4.59. The Hall–Kier alpha value is -2.50. The minimum absolute atomic E-state index is 0.0642. The Labute approximate surface area is 224 Å². The van der Waals surface area contributed by atoms with Gasteiger partial charge in [0.2, 0.25) is 11.0 Å². The second-order valence-corrected chi connectivity index (χ2v) is 11.8. The highest BCUT2D eigenvalue weighted by Crippen LogP contribution is 2.33. The van der Waals surface area contributed by atoms with E-state index in [1.165, 1.54) is 17.8 Å². The van der Waals surface area contributed by atoms with Crippen LogP contribution in [0.3, 0.4) is 0 Å². The summed E-state index contributed by atoms with van der Waals surface area (Å²) < 4.78 is 13.0. The van der Waals surface area contributed by atoms with Gasteiger partial charge in [0, 0.05) is 16.9 Å². The maximum Gasteiger partial charge on any atom is 0.442 e. The zero-order chi connectivity index (χ0) is 27.6. The summed E-state index contributed by atoms with van der Waals surface area (Å²) in [6, 6.07) is 3.11. The number of hydrogen-bond acceptors (Lipinski definition) is 9. The van der Waals surface area contributed by atoms with Gasteiger partial charge in [-0.3, -0.25) is 4.79 Å². The lowest BCUT2D eigenvalue weighted by atomic mass is 9.93. The first-order valence-corrected chi connectivity index (χ1v) is 13.0. The highest BCUT2D eigenvalue weighted by atomic mass is 35.5. The fourth-order valence-electron chi connectivity index (χ4n) is 2.75. The number of rotatable bonds is 4. The summed E-state index contributed by atoms with van der Waals surface area (Å²) >= 11 is 13.6. The molecule has 10 nitrogen and oxygen atoms in total. The number of hydrogen-bond donors (Lipinski definition) is 1. The van der Waals surface area contributed by atoms with E-state index in [1.54, 1.807) is 12.3 Å². The van der Waals surface area contributed by atoms with Gasteiger partial charge < -0.3 is 15.0 Å². The van der Waals surface area contributed by atoms with Crippen LogP contribution in [0.15, 0.2) is 31.3 Å². The van der Waals surface area contributed by atoms with Crippen molar-refractivity contribution in [2.45, 2.75) is 77.5 Å². The molecular formula is C23H32Cl2N6O4S. The number of benzene rings is 1. The van der Waals surface area contributed by atoms with E-state index in [2.05, 4.69) is 15.3 Å². The van der Waals surface area contributed by atoms with Gasteiger partial charge in [-0.05, 0) is 26.2 Å². The Bertz CT molecular complexity index is 1340. The van der Waals surface area contributed by atoms with Gasteiger partial charge in [0.25, 0.3) is 5.56 Å². The Morgan fingerprint density at radius 2 is 1.64 bits per heavy atom. The van der Waals surface area contributed by atoms with Crippen molar-refractivity contribution in [1.29, 1.82) is 0 Å². The summed E-state index contributed by atoms with van der Waals surface area (Å²) in [7, 11) is 0. The molecule has 0 saturated carbocycles. The van der Waals surface area contributed by atoms with Crippen molar-refractivity contribution >= 4 is 35.0 Å². The van der Waals surface area contributed by atoms with Crippen molar-refractivity contribution in [2.24, 2.45) is 0 Å². The van der Waals surface area contributed by atoms with Gasteiger partial charge >= 0.3 is 5.76 Å². The van der Waals surface area contributed by atoms with Crippen LogP contribution in [0.5, 0.6) is 5.75 Å². The number of ether oxygens (including phenoxy) is 1. The van der Waals surface area contributed by atoms with Gasteiger partial charge in [-0.15, -0.1) is 15.3 Å². The molecule has 3 rings (SSSR count). The number of halogens is 2. The Kier molecular flexibility index (Phi) is 9.30. The highest BCUT2D eigenvalue weighted by Gasteiger charge is 2.24. The molecule has 0 atom stereocenters. The average Bonchev–Trinajstić information content (AvgIpc) is 3.13. The molecule has 0 fully saturated rings. The summed E-state index contributed by atoms with van der Waals surface area (Å²) in [5.74, 6) is 5.73. The van der Waals surface area contributed by atoms with Gasteiger partial charge in [-0.1, -0.05) is 76.5 Å². The van der Waals surface area contributed by atoms with Crippen LogP contribution < -0.4 is 21.9 Å². The predicted molar refractivity (Wildman–Crippen MR) is 144 cm³/mol. The first-order chi connectivity index (χ1) is 16.5. The van der Waals surface area contributed by atoms with Gasteiger partial charge in [-0.2, -0.15) is 9.36 Å². The molecule has 2 N–H and O–H groups in total. The van der Waals surface area contributed by atoms with Gasteiger partial charge in [0.1, 0.15) is 11.4 Å². The van der Waals surface area contributed by atoms with E-state index in [4.69, 9.17) is 38.2 Å². The van der Waals surface area contributed by atoms with Crippen molar-refractivity contribution in [3.05, 3.63) is 54.7 Å². The third-order valence-corrected chi connectivity index (χ3v) is 5.78. The fourth-order valence-corrected chi connectivity index (χ4v) is 3.66. The molecule has 0 aliphatic carbocycles. The minimum atomic E-state index is -0.607. The molecule has 0 aliphatic heterocycles. The first kappa shape index (κ1) is 29.7. The van der Waals surface area contributed by atoms with Crippen LogP contribution in [0, 0.1) is 0 Å². The monoisotopic (exact) mass is 558 g/mol. The smallest absolute Gasteiger partial charge is 0.442 e. The van der Waals surface area contributed by atoms with Crippen LogP contribution in [0.25, 0.3) is 5.69 Å². The lowest BCUT2D eigenvalue weighted by Crippen LogP contribution is -2.37. The normalized spacial score (nSPS) is 11.9. The summed E-state index contributed by atoms with van der Waals surface area (Å²) in [4.78, 5) is 23.8. The number of nitrogens with two attached hydrogens (primary N) is 1. The summed E-state index contributed by atoms with van der Waals surface area (Å²) in [5, 5.41) is 13.1. The van der Waals surface area contributed by atoms with Crippen LogP contribution in [0.2, 0.25) is 10.0 Å². The van der Waals surface area contributed by atoms with E-state index < -0.39 is 5.76 Å². The minimum Gasteiger partial charge on any atom is -0.489 e. The standard InChI is InChI=1S/C15H18Cl2N2O3.C8H14N4OS/c1-8(2)21-12-7-11(9(16)6-10(12)17)19-14(20)22-13(18-19)15(3,4)5;1-8(2,3)5-6(13)12(9)7(14-4)11-10-5/h6-8H,1-5H3;9H2,1-4H3. The van der Waals surface area contributed by atoms with Crippen LogP contribution in [-0.4, -0.2) is 37.0 Å². The first-order valence-electron chi connectivity index (χ1n) is 11.0. The van der Waals surface area contributed by atoms with Crippen molar-refractivity contribution in [2.75, 3.05) is 12.1 Å². The summed E-state index contributed by atoms with van der Waals surface area (Å²) in [5.41, 5.74) is -0.247. The molecule has 2 heterocycles. The number of nitrogens with zero attached hydrogens (tertiary/aromatic N) is 5. The molecule has 2 aromatic heterocycles. The second kappa shape index (κ2) is 11.3. The molecule has 0 spiro atoms. The molecule has 0 radical (unpaired) electrons. The van der Waals surface area contributed by atoms with E-state index in [0.717, 1.165) is 9.36 Å². The average molecular weight is 560 g/mol. The molecule has 1 aromatic carbocycles. The molecule has 0 aliphatic rings. The van der Waals surface area contributed by atoms with Crippen LogP contribution in [0.1, 0.15) is 67.0 Å².